The van der Waals surface area contributed by atoms with Crippen molar-refractivity contribution >= 4 is 29.4 Å². The lowest BCUT2D eigenvalue weighted by molar-refractivity contribution is -0.120. The molecule has 1 amide bonds. The Hall–Kier alpha value is -1.39. The molecule has 0 aliphatic heterocycles. The fourth-order valence-corrected chi connectivity index (χ4v) is 4.05. The molecular formula is C20H25NOS2. The summed E-state index contributed by atoms with van der Waals surface area (Å²) < 4.78 is 0. The average molecular weight is 360 g/mol. The summed E-state index contributed by atoms with van der Waals surface area (Å²) in [6.45, 7) is 6.88. The van der Waals surface area contributed by atoms with Gasteiger partial charge in [-0.1, -0.05) is 42.0 Å². The van der Waals surface area contributed by atoms with Crippen molar-refractivity contribution < 1.29 is 4.79 Å². The van der Waals surface area contributed by atoms with Crippen LogP contribution in [0.2, 0.25) is 0 Å². The van der Waals surface area contributed by atoms with Crippen molar-refractivity contribution in [2.45, 2.75) is 36.7 Å². The van der Waals surface area contributed by atoms with E-state index in [9.17, 15) is 4.79 Å². The Balaban J connectivity index is 1.65. The summed E-state index contributed by atoms with van der Waals surface area (Å²) in [4.78, 5) is 13.3. The molecular weight excluding hydrogens is 334 g/mol. The molecule has 2 rings (SSSR count). The zero-order valence-electron chi connectivity index (χ0n) is 14.5. The highest BCUT2D eigenvalue weighted by atomic mass is 32.2. The lowest BCUT2D eigenvalue weighted by Gasteiger charge is -2.12. The number of benzene rings is 2. The molecule has 1 atom stereocenters. The molecule has 0 radical (unpaired) electrons. The zero-order valence-corrected chi connectivity index (χ0v) is 16.2. The third kappa shape index (κ3) is 6.25. The first-order chi connectivity index (χ1) is 11.6. The van der Waals surface area contributed by atoms with Crippen molar-refractivity contribution in [3.8, 4) is 0 Å². The molecule has 2 nitrogen and oxygen atoms in total. The number of rotatable bonds is 8. The molecule has 2 aromatic rings. The number of amides is 1. The zero-order chi connectivity index (χ0) is 17.4. The fourth-order valence-electron chi connectivity index (χ4n) is 2.22. The summed E-state index contributed by atoms with van der Waals surface area (Å²) in [5.74, 6) is 2.04. The van der Waals surface area contributed by atoms with Gasteiger partial charge in [-0.05, 0) is 44.0 Å². The third-order valence-electron chi connectivity index (χ3n) is 3.77. The lowest BCUT2D eigenvalue weighted by Crippen LogP contribution is -2.32. The Kier molecular flexibility index (Phi) is 7.73. The number of hydrogen-bond acceptors (Lipinski definition) is 3. The molecule has 0 spiro atoms. The summed E-state index contributed by atoms with van der Waals surface area (Å²) in [6, 6.07) is 16.8. The van der Waals surface area contributed by atoms with Crippen LogP contribution < -0.4 is 5.32 Å². The maximum absolute atomic E-state index is 12.2. The van der Waals surface area contributed by atoms with Crippen LogP contribution in [0.5, 0.6) is 0 Å². The molecule has 0 heterocycles. The van der Waals surface area contributed by atoms with E-state index in [2.05, 4.69) is 67.7 Å². The highest BCUT2D eigenvalue weighted by molar-refractivity contribution is 8.00. The molecule has 0 saturated heterocycles. The second-order valence-electron chi connectivity index (χ2n) is 5.84. The molecule has 0 aliphatic rings. The van der Waals surface area contributed by atoms with Crippen LogP contribution in [0.3, 0.4) is 0 Å². The van der Waals surface area contributed by atoms with Crippen LogP contribution in [0.4, 0.5) is 0 Å². The summed E-state index contributed by atoms with van der Waals surface area (Å²) in [6.07, 6.45) is 0. The first-order valence-corrected chi connectivity index (χ1v) is 10.2. The first kappa shape index (κ1) is 18.9. The Labute approximate surface area is 153 Å². The number of carbonyl (C=O) groups excluding carboxylic acids is 1. The van der Waals surface area contributed by atoms with Crippen LogP contribution in [0, 0.1) is 13.8 Å². The molecule has 0 bridgehead atoms. The Morgan fingerprint density at radius 2 is 1.79 bits per heavy atom. The van der Waals surface area contributed by atoms with Crippen LogP contribution >= 0.6 is 23.5 Å². The van der Waals surface area contributed by atoms with E-state index in [-0.39, 0.29) is 11.2 Å². The SMILES string of the molecule is Cc1ccc(S[C@@H](C)C(=O)NCCSCc2ccccc2C)cc1. The number of carbonyl (C=O) groups is 1. The van der Waals surface area contributed by atoms with Crippen molar-refractivity contribution in [1.29, 1.82) is 0 Å². The second kappa shape index (κ2) is 9.80. The minimum Gasteiger partial charge on any atom is -0.354 e. The Bertz CT molecular complexity index is 655. The number of nitrogens with one attached hydrogen (secondary N) is 1. The van der Waals surface area contributed by atoms with Gasteiger partial charge in [0.05, 0.1) is 5.25 Å². The van der Waals surface area contributed by atoms with Crippen molar-refractivity contribution in [1.82, 2.24) is 5.32 Å². The summed E-state index contributed by atoms with van der Waals surface area (Å²) >= 11 is 3.46. The van der Waals surface area contributed by atoms with Gasteiger partial charge < -0.3 is 5.32 Å². The summed E-state index contributed by atoms with van der Waals surface area (Å²) in [5, 5.41) is 2.96. The van der Waals surface area contributed by atoms with E-state index in [0.717, 1.165) is 16.4 Å². The lowest BCUT2D eigenvalue weighted by atomic mass is 10.1. The maximum Gasteiger partial charge on any atom is 0.233 e. The third-order valence-corrected chi connectivity index (χ3v) is 5.89. The predicted molar refractivity (Wildman–Crippen MR) is 107 cm³/mol. The number of aryl methyl sites for hydroxylation is 2. The van der Waals surface area contributed by atoms with Gasteiger partial charge in [0.1, 0.15) is 0 Å². The Morgan fingerprint density at radius 3 is 2.50 bits per heavy atom. The van der Waals surface area contributed by atoms with Crippen LogP contribution in [0.1, 0.15) is 23.6 Å². The Morgan fingerprint density at radius 1 is 1.08 bits per heavy atom. The van der Waals surface area contributed by atoms with Gasteiger partial charge in [0.25, 0.3) is 0 Å². The molecule has 0 unspecified atom stereocenters. The van der Waals surface area contributed by atoms with Crippen molar-refractivity contribution in [2.24, 2.45) is 0 Å². The van der Waals surface area contributed by atoms with Crippen molar-refractivity contribution in [2.75, 3.05) is 12.3 Å². The van der Waals surface area contributed by atoms with Crippen LogP contribution in [-0.4, -0.2) is 23.5 Å². The van der Waals surface area contributed by atoms with E-state index >= 15 is 0 Å². The monoisotopic (exact) mass is 359 g/mol. The smallest absolute Gasteiger partial charge is 0.233 e. The first-order valence-electron chi connectivity index (χ1n) is 8.19. The molecule has 0 aliphatic carbocycles. The van der Waals surface area contributed by atoms with Crippen LogP contribution in [0.25, 0.3) is 0 Å². The fraction of sp³-hybridized carbons (Fsp3) is 0.350. The number of thioether (sulfide) groups is 2. The topological polar surface area (TPSA) is 29.1 Å². The van der Waals surface area contributed by atoms with Gasteiger partial charge in [-0.2, -0.15) is 11.8 Å². The van der Waals surface area contributed by atoms with Gasteiger partial charge in [-0.3, -0.25) is 4.79 Å². The maximum atomic E-state index is 12.2. The summed E-state index contributed by atoms with van der Waals surface area (Å²) in [7, 11) is 0. The largest absolute Gasteiger partial charge is 0.354 e. The minimum atomic E-state index is -0.0749. The van der Waals surface area contributed by atoms with Gasteiger partial charge in [0, 0.05) is 22.9 Å². The number of hydrogen-bond donors (Lipinski definition) is 1. The molecule has 0 saturated carbocycles. The highest BCUT2D eigenvalue weighted by Gasteiger charge is 2.13. The van der Waals surface area contributed by atoms with Gasteiger partial charge in [-0.25, -0.2) is 0 Å². The second-order valence-corrected chi connectivity index (χ2v) is 8.36. The summed E-state index contributed by atoms with van der Waals surface area (Å²) in [5.41, 5.74) is 3.94. The van der Waals surface area contributed by atoms with Crippen LogP contribution in [0.15, 0.2) is 53.4 Å². The van der Waals surface area contributed by atoms with E-state index < -0.39 is 0 Å². The predicted octanol–water partition coefficient (Wildman–Crippen LogP) is 4.83. The quantitative estimate of drug-likeness (QED) is 0.540. The van der Waals surface area contributed by atoms with Crippen LogP contribution in [-0.2, 0) is 10.5 Å². The van der Waals surface area contributed by atoms with Gasteiger partial charge in [0.2, 0.25) is 5.91 Å². The van der Waals surface area contributed by atoms with Gasteiger partial charge in [-0.15, -0.1) is 11.8 Å². The van der Waals surface area contributed by atoms with Crippen molar-refractivity contribution in [3.05, 3.63) is 65.2 Å². The molecule has 128 valence electrons. The van der Waals surface area contributed by atoms with E-state index in [1.54, 1.807) is 11.8 Å². The normalized spacial score (nSPS) is 12.0. The van der Waals surface area contributed by atoms with E-state index in [4.69, 9.17) is 0 Å². The highest BCUT2D eigenvalue weighted by Crippen LogP contribution is 2.23. The molecule has 24 heavy (non-hydrogen) atoms. The molecule has 0 aromatic heterocycles. The van der Waals surface area contributed by atoms with Crippen molar-refractivity contribution in [3.63, 3.8) is 0 Å². The van der Waals surface area contributed by atoms with Gasteiger partial charge in [0.15, 0.2) is 0 Å². The minimum absolute atomic E-state index is 0.0749. The molecule has 1 N–H and O–H groups in total. The van der Waals surface area contributed by atoms with E-state index in [1.165, 1.54) is 16.7 Å². The van der Waals surface area contributed by atoms with E-state index in [1.807, 2.05) is 18.7 Å². The standard InChI is InChI=1S/C20H25NOS2/c1-15-8-10-19(11-9-15)24-17(3)20(22)21-12-13-23-14-18-7-5-4-6-16(18)2/h4-11,17H,12-14H2,1-3H3,(H,21,22)/t17-/m0/s1. The van der Waals surface area contributed by atoms with E-state index in [0.29, 0.717) is 6.54 Å². The molecule has 0 fully saturated rings. The van der Waals surface area contributed by atoms with Gasteiger partial charge >= 0.3 is 0 Å². The molecule has 4 heteroatoms. The molecule has 2 aromatic carbocycles. The average Bonchev–Trinajstić information content (AvgIpc) is 2.58.